The van der Waals surface area contributed by atoms with Gasteiger partial charge >= 0.3 is 53.7 Å². The molecule has 0 aromatic heterocycles. The molecule has 11 unspecified atom stereocenters. The molecule has 0 radical (unpaired) electrons. The Morgan fingerprint density at radius 2 is 0.792 bits per heavy atom. The van der Waals surface area contributed by atoms with Crippen molar-refractivity contribution in [2.45, 2.75) is 499 Å². The summed E-state index contributed by atoms with van der Waals surface area (Å²) in [4.78, 5) is 107. The summed E-state index contributed by atoms with van der Waals surface area (Å²) < 4.78 is 49.1. The van der Waals surface area contributed by atoms with Gasteiger partial charge in [0.2, 0.25) is 6.10 Å². The minimum absolute atomic E-state index is 0. The quantitative estimate of drug-likeness (QED) is 0.0813. The van der Waals surface area contributed by atoms with Crippen LogP contribution in [0.3, 0.4) is 0 Å². The monoisotopic (exact) mass is 1720 g/mol. The molecule has 3 saturated heterocycles. The largest absolute Gasteiger partial charge is 0.465 e. The lowest BCUT2D eigenvalue weighted by atomic mass is 9.44. The first kappa shape index (κ1) is 133. The molecule has 0 N–H and O–H groups in total. The predicted molar refractivity (Wildman–Crippen MR) is 504 cm³/mol. The first-order chi connectivity index (χ1) is 49.0. The van der Waals surface area contributed by atoms with Crippen LogP contribution in [0.2, 0.25) is 0 Å². The number of esters is 9. The van der Waals surface area contributed by atoms with Crippen LogP contribution in [0.4, 0.5) is 0 Å². The molecule has 4 bridgehead atoms. The van der Waals surface area contributed by atoms with Crippen LogP contribution in [0.15, 0.2) is 0 Å². The molecule has 3 aliphatic heterocycles. The average molecular weight is 1720 g/mol. The van der Waals surface area contributed by atoms with E-state index in [0.29, 0.717) is 73.9 Å². The van der Waals surface area contributed by atoms with Crippen molar-refractivity contribution in [3.8, 4) is 0 Å². The van der Waals surface area contributed by atoms with Gasteiger partial charge in [-0.1, -0.05) is 185 Å². The molecule has 7 saturated carbocycles. The predicted octanol–water partition coefficient (Wildman–Crippen LogP) is 28.4. The summed E-state index contributed by atoms with van der Waals surface area (Å²) in [5.74, 6) is 3.03. The molecular formula is C102H204O18. The lowest BCUT2D eigenvalue weighted by Gasteiger charge is -2.63. The van der Waals surface area contributed by atoms with E-state index in [1.807, 2.05) is 132 Å². The molecular weight excluding hydrogens is 1510 g/mol. The van der Waals surface area contributed by atoms with Gasteiger partial charge in [-0.25, -0.2) is 4.79 Å². The van der Waals surface area contributed by atoms with E-state index in [4.69, 9.17) is 42.6 Å². The maximum Gasteiger partial charge on any atom is 0.348 e. The topological polar surface area (TPSA) is 237 Å². The fourth-order valence-electron chi connectivity index (χ4n) is 17.2. The molecule has 120 heavy (non-hydrogen) atoms. The summed E-state index contributed by atoms with van der Waals surface area (Å²) in [6.45, 7) is 67.6. The molecule has 720 valence electrons. The van der Waals surface area contributed by atoms with Crippen LogP contribution in [0.25, 0.3) is 0 Å². The van der Waals surface area contributed by atoms with E-state index in [-0.39, 0.29) is 188 Å². The van der Waals surface area contributed by atoms with Gasteiger partial charge in [-0.2, -0.15) is 0 Å². The number of fused-ring (bicyclic) bond motifs is 3. The molecule has 0 amide bonds. The third-order valence-corrected chi connectivity index (χ3v) is 29.1. The number of hydrogen-bond donors (Lipinski definition) is 0. The van der Waals surface area contributed by atoms with Crippen molar-refractivity contribution >= 4 is 53.7 Å². The normalized spacial score (nSPS) is 27.9. The zero-order valence-electron chi connectivity index (χ0n) is 74.5. The maximum atomic E-state index is 12.7. The van der Waals surface area contributed by atoms with Crippen LogP contribution in [0.1, 0.15) is 459 Å². The van der Waals surface area contributed by atoms with E-state index in [1.165, 1.54) is 64.2 Å². The van der Waals surface area contributed by atoms with Crippen molar-refractivity contribution in [3.63, 3.8) is 0 Å². The zero-order chi connectivity index (χ0) is 83.2. The smallest absolute Gasteiger partial charge is 0.348 e. The van der Waals surface area contributed by atoms with Gasteiger partial charge < -0.3 is 42.6 Å². The number of rotatable bonds is 20. The van der Waals surface area contributed by atoms with Crippen LogP contribution in [0, 0.1) is 96.1 Å². The number of carbonyl (C=O) groups excluding carboxylic acids is 9. The molecule has 3 heterocycles. The number of cyclic esters (lactones) is 3. The lowest BCUT2D eigenvalue weighted by Crippen LogP contribution is -2.62. The second kappa shape index (κ2) is 49.4. The third kappa shape index (κ3) is 32.3. The average Bonchev–Trinajstić information content (AvgIpc) is 1.48. The van der Waals surface area contributed by atoms with Gasteiger partial charge in [0.05, 0.1) is 58.5 Å². The van der Waals surface area contributed by atoms with Gasteiger partial charge in [0.1, 0.15) is 33.6 Å². The van der Waals surface area contributed by atoms with Crippen molar-refractivity contribution in [1.82, 2.24) is 0 Å². The van der Waals surface area contributed by atoms with Crippen molar-refractivity contribution < 1.29 is 85.8 Å². The fourth-order valence-corrected chi connectivity index (χ4v) is 17.2. The summed E-state index contributed by atoms with van der Waals surface area (Å²) in [7, 11) is 0. The SMILES string of the molecule is C.C.C.C.C.C.C.C.C.C.C.C.CCC(C)(C)C(=O)OC(C)(C)C1CCC(C)CC1.CCC(C)(C)C(=O)OC(C)(C)C1COC(=O)C1.CCC(C)(C)C(=O)OC1(C)CCC23CC1C(C)(C)C2CCC3C.CCC(C)(C)C(=O)OC1(C)CCC2CC1C2(C)C.CCC(C)(C)C(=O)OC1(C)CCOC(=O)C1.CCC(C)(C)C(=O)OC1CC(C)(C)OC1=O. The molecule has 0 aromatic carbocycles. The Morgan fingerprint density at radius 1 is 0.400 bits per heavy atom. The number of hydrogen-bond acceptors (Lipinski definition) is 18. The van der Waals surface area contributed by atoms with E-state index >= 15 is 0 Å². The van der Waals surface area contributed by atoms with Gasteiger partial charge in [0.25, 0.3) is 0 Å². The molecule has 10 aliphatic rings. The molecule has 1 spiro atoms. The second-order valence-electron chi connectivity index (χ2n) is 41.8. The van der Waals surface area contributed by atoms with Gasteiger partial charge in [0.15, 0.2) is 0 Å². The Morgan fingerprint density at radius 3 is 1.16 bits per heavy atom. The lowest BCUT2D eigenvalue weighted by molar-refractivity contribution is -0.224. The first-order valence-electron chi connectivity index (χ1n) is 41.9. The van der Waals surface area contributed by atoms with Gasteiger partial charge in [-0.3, -0.25) is 38.4 Å². The van der Waals surface area contributed by atoms with Gasteiger partial charge in [-0.15, -0.1) is 0 Å². The summed E-state index contributed by atoms with van der Waals surface area (Å²) in [5.41, 5.74) is -4.16. The van der Waals surface area contributed by atoms with Crippen molar-refractivity contribution in [1.29, 1.82) is 0 Å². The molecule has 10 fully saturated rings. The summed E-state index contributed by atoms with van der Waals surface area (Å²) >= 11 is 0. The summed E-state index contributed by atoms with van der Waals surface area (Å²) in [5, 5.41) is 0. The minimum atomic E-state index is -0.742. The Labute approximate surface area is 743 Å². The molecule has 18 nitrogen and oxygen atoms in total. The third-order valence-electron chi connectivity index (χ3n) is 29.1. The standard InChI is InChI=1S/C21H36O2.C16H28O2.C16H30O2.C13H22O4.2C12H20O4.12CH4/c1-8-18(3,4)17(22)23-20(7)11-12-21-13-16(20)19(5,6)15(21)10-9-14(21)2;1-7-14(2,3)13(17)18-16(6)9-8-11-10-12(16)15(11,4)5;1-7-15(3,4)14(17)18-16(5,6)13-10-8-12(2)9-11-13;1-6-12(2,3)11(15)17-13(4,5)9-7-10(14)16-8-9;1-6-11(2,3)10(14)15-8-7-12(4,5)16-9(8)13;1-5-11(2,3)10(14)16-12(4)6-7-15-9(13)8-12;;;;;;;;;;;;/h14-16H,8-13H2,1-7H3;11-12H,7-10H2,1-6H3;12-13H,7-11H2,1-6H3;9H,6-8H2,1-5H3;8H,6-7H2,1-5H3;5-8H2,1-4H3;12*1H4. The molecule has 10 rings (SSSR count). The highest BCUT2D eigenvalue weighted by molar-refractivity contribution is 5.84. The van der Waals surface area contributed by atoms with Gasteiger partial charge in [-0.05, 0) is 294 Å². The highest BCUT2D eigenvalue weighted by Crippen LogP contribution is 2.74. The van der Waals surface area contributed by atoms with Crippen LogP contribution in [-0.4, -0.2) is 107 Å². The highest BCUT2D eigenvalue weighted by Gasteiger charge is 2.69. The summed E-state index contributed by atoms with van der Waals surface area (Å²) in [6, 6.07) is 0. The van der Waals surface area contributed by atoms with E-state index < -0.39 is 45.1 Å². The van der Waals surface area contributed by atoms with E-state index in [2.05, 4.69) is 76.2 Å². The number of ether oxygens (including phenoxy) is 9. The summed E-state index contributed by atoms with van der Waals surface area (Å²) in [6.07, 6.45) is 20.1. The first-order valence-corrected chi connectivity index (χ1v) is 41.9. The zero-order valence-corrected chi connectivity index (χ0v) is 74.5. The molecule has 11 atom stereocenters. The Hall–Kier alpha value is -4.77. The fraction of sp³-hybridized carbons (Fsp3) is 0.912. The second-order valence-corrected chi connectivity index (χ2v) is 41.8. The van der Waals surface area contributed by atoms with Crippen LogP contribution >= 0.6 is 0 Å². The van der Waals surface area contributed by atoms with E-state index in [0.717, 1.165) is 62.2 Å². The molecule has 7 aliphatic carbocycles. The Bertz CT molecular complexity index is 3110. The van der Waals surface area contributed by atoms with E-state index in [1.54, 1.807) is 20.8 Å². The van der Waals surface area contributed by atoms with Gasteiger partial charge in [0, 0.05) is 30.6 Å². The highest BCUT2D eigenvalue weighted by atomic mass is 16.6. The number of carbonyl (C=O) groups is 9. The van der Waals surface area contributed by atoms with Crippen molar-refractivity contribution in [2.24, 2.45) is 96.1 Å². The Balaban J connectivity index is -0.000000173. The van der Waals surface area contributed by atoms with Crippen LogP contribution in [0.5, 0.6) is 0 Å². The maximum absolute atomic E-state index is 12.7. The Kier molecular flexibility index (Phi) is 54.8. The van der Waals surface area contributed by atoms with Crippen LogP contribution in [-0.2, 0) is 85.8 Å². The minimum Gasteiger partial charge on any atom is -0.465 e. The van der Waals surface area contributed by atoms with Crippen molar-refractivity contribution in [2.75, 3.05) is 13.2 Å². The van der Waals surface area contributed by atoms with Crippen molar-refractivity contribution in [3.05, 3.63) is 0 Å². The van der Waals surface area contributed by atoms with E-state index in [9.17, 15) is 43.2 Å². The molecule has 18 heteroatoms. The molecule has 0 aromatic rings. The van der Waals surface area contributed by atoms with Crippen LogP contribution < -0.4 is 0 Å².